The van der Waals surface area contributed by atoms with E-state index >= 15 is 0 Å². The van der Waals surface area contributed by atoms with Crippen molar-refractivity contribution in [3.63, 3.8) is 0 Å². The van der Waals surface area contributed by atoms with Crippen LogP contribution < -0.4 is 9.04 Å². The van der Waals surface area contributed by atoms with E-state index in [1.54, 1.807) is 36.4 Å². The van der Waals surface area contributed by atoms with E-state index in [4.69, 9.17) is 9.26 Å². The number of hydrogen-bond acceptors (Lipinski definition) is 7. The molecule has 0 radical (unpaired) electrons. The minimum atomic E-state index is -3.26. The zero-order chi connectivity index (χ0) is 20.4. The molecule has 1 aromatic carbocycles. The summed E-state index contributed by atoms with van der Waals surface area (Å²) >= 11 is 0. The second kappa shape index (κ2) is 7.74. The Balaban J connectivity index is 1.57. The molecule has 1 fully saturated rings. The molecule has 4 rings (SSSR count). The van der Waals surface area contributed by atoms with Gasteiger partial charge in [-0.1, -0.05) is 5.16 Å². The maximum atomic E-state index is 12.4. The van der Waals surface area contributed by atoms with Gasteiger partial charge in [0.05, 0.1) is 17.0 Å². The second-order valence-corrected chi connectivity index (χ2v) is 8.28. The largest absolute Gasteiger partial charge is 0.471 e. The highest BCUT2D eigenvalue weighted by Gasteiger charge is 2.28. The number of alkyl halides is 2. The SMILES string of the molecule is O=S1(=O)CCCN1c1ccc(-c2nc(-c3cccnc3OCC(F)F)no2)cc1. The Morgan fingerprint density at radius 1 is 1.21 bits per heavy atom. The molecule has 0 amide bonds. The number of hydrogen-bond donors (Lipinski definition) is 0. The van der Waals surface area contributed by atoms with Crippen LogP contribution in [0.15, 0.2) is 47.1 Å². The normalized spacial score (nSPS) is 15.8. The Labute approximate surface area is 165 Å². The molecule has 3 heterocycles. The molecule has 0 bridgehead atoms. The van der Waals surface area contributed by atoms with Crippen LogP contribution in [0.4, 0.5) is 14.5 Å². The van der Waals surface area contributed by atoms with Crippen molar-refractivity contribution in [1.29, 1.82) is 0 Å². The summed E-state index contributed by atoms with van der Waals surface area (Å²) in [4.78, 5) is 8.22. The minimum Gasteiger partial charge on any atom is -0.471 e. The van der Waals surface area contributed by atoms with Crippen LogP contribution >= 0.6 is 0 Å². The summed E-state index contributed by atoms with van der Waals surface area (Å²) in [5.41, 5.74) is 1.48. The molecule has 0 atom stereocenters. The lowest BCUT2D eigenvalue weighted by Gasteiger charge is -2.16. The Kier molecular flexibility index (Phi) is 5.14. The van der Waals surface area contributed by atoms with Crippen LogP contribution in [-0.4, -0.2) is 48.9 Å². The number of sulfonamides is 1. The van der Waals surface area contributed by atoms with Crippen LogP contribution in [-0.2, 0) is 10.0 Å². The molecule has 1 saturated heterocycles. The van der Waals surface area contributed by atoms with Crippen LogP contribution in [0, 0.1) is 0 Å². The van der Waals surface area contributed by atoms with Crippen molar-refractivity contribution in [1.82, 2.24) is 15.1 Å². The number of benzene rings is 1. The summed E-state index contributed by atoms with van der Waals surface area (Å²) in [6, 6.07) is 9.89. The van der Waals surface area contributed by atoms with Crippen LogP contribution in [0.5, 0.6) is 5.88 Å². The summed E-state index contributed by atoms with van der Waals surface area (Å²) in [6.07, 6.45) is -0.627. The van der Waals surface area contributed by atoms with Crippen molar-refractivity contribution >= 4 is 15.7 Å². The fourth-order valence-corrected chi connectivity index (χ4v) is 4.53. The van der Waals surface area contributed by atoms with Gasteiger partial charge in [0.15, 0.2) is 6.61 Å². The second-order valence-electron chi connectivity index (χ2n) is 6.27. The van der Waals surface area contributed by atoms with Gasteiger partial charge in [-0.15, -0.1) is 0 Å². The van der Waals surface area contributed by atoms with E-state index in [0.717, 1.165) is 0 Å². The van der Waals surface area contributed by atoms with Gasteiger partial charge in [-0.2, -0.15) is 4.98 Å². The van der Waals surface area contributed by atoms with Crippen molar-refractivity contribution in [3.05, 3.63) is 42.6 Å². The quantitative estimate of drug-likeness (QED) is 0.602. The molecule has 2 aromatic heterocycles. The topological polar surface area (TPSA) is 98.4 Å². The molecule has 0 spiro atoms. The molecule has 8 nitrogen and oxygen atoms in total. The number of anilines is 1. The zero-order valence-electron chi connectivity index (χ0n) is 15.0. The van der Waals surface area contributed by atoms with Gasteiger partial charge in [-0.25, -0.2) is 22.2 Å². The Hall–Kier alpha value is -3.08. The molecular formula is C18H16F2N4O4S. The van der Waals surface area contributed by atoms with Crippen molar-refractivity contribution in [2.24, 2.45) is 0 Å². The number of pyridine rings is 1. The molecular weight excluding hydrogens is 406 g/mol. The molecule has 0 unspecified atom stereocenters. The van der Waals surface area contributed by atoms with E-state index < -0.39 is 23.1 Å². The third-order valence-corrected chi connectivity index (χ3v) is 6.16. The van der Waals surface area contributed by atoms with Crippen LogP contribution in [0.25, 0.3) is 22.8 Å². The van der Waals surface area contributed by atoms with Gasteiger partial charge in [-0.3, -0.25) is 4.31 Å². The van der Waals surface area contributed by atoms with Gasteiger partial charge in [0, 0.05) is 18.3 Å². The van der Waals surface area contributed by atoms with E-state index in [9.17, 15) is 17.2 Å². The van der Waals surface area contributed by atoms with Gasteiger partial charge < -0.3 is 9.26 Å². The first-order valence-corrected chi connectivity index (χ1v) is 10.4. The molecule has 0 N–H and O–H groups in total. The highest BCUT2D eigenvalue weighted by molar-refractivity contribution is 7.93. The lowest BCUT2D eigenvalue weighted by atomic mass is 10.2. The molecule has 1 aliphatic heterocycles. The lowest BCUT2D eigenvalue weighted by Crippen LogP contribution is -2.24. The van der Waals surface area contributed by atoms with Gasteiger partial charge in [0.25, 0.3) is 12.3 Å². The monoisotopic (exact) mass is 422 g/mol. The van der Waals surface area contributed by atoms with E-state index in [0.29, 0.717) is 29.8 Å². The summed E-state index contributed by atoms with van der Waals surface area (Å²) < 4.78 is 60.6. The van der Waals surface area contributed by atoms with Crippen molar-refractivity contribution in [2.75, 3.05) is 23.2 Å². The average molecular weight is 422 g/mol. The zero-order valence-corrected chi connectivity index (χ0v) is 15.8. The number of halogens is 2. The predicted octanol–water partition coefficient (Wildman–Crippen LogP) is 2.98. The summed E-state index contributed by atoms with van der Waals surface area (Å²) in [5, 5.41) is 3.87. The van der Waals surface area contributed by atoms with Crippen molar-refractivity contribution < 1.29 is 26.5 Å². The Morgan fingerprint density at radius 3 is 2.69 bits per heavy atom. The van der Waals surface area contributed by atoms with E-state index in [2.05, 4.69) is 15.1 Å². The fourth-order valence-electron chi connectivity index (χ4n) is 2.97. The first-order valence-electron chi connectivity index (χ1n) is 8.75. The van der Waals surface area contributed by atoms with Crippen molar-refractivity contribution in [2.45, 2.75) is 12.8 Å². The standard InChI is InChI=1S/C18H16F2N4O4S/c19-15(20)11-27-18-14(3-1-8-21-18)16-22-17(28-23-16)12-4-6-13(7-5-12)24-9-2-10-29(24,25)26/h1,3-8,15H,2,9-11H2. The molecule has 29 heavy (non-hydrogen) atoms. The summed E-state index contributed by atoms with van der Waals surface area (Å²) in [5.74, 6) is 0.459. The Bertz CT molecular complexity index is 1100. The van der Waals surface area contributed by atoms with E-state index in [-0.39, 0.29) is 23.3 Å². The molecule has 3 aromatic rings. The molecule has 11 heteroatoms. The maximum absolute atomic E-state index is 12.4. The van der Waals surface area contributed by atoms with Gasteiger partial charge >= 0.3 is 0 Å². The highest BCUT2D eigenvalue weighted by atomic mass is 32.2. The number of aromatic nitrogens is 3. The lowest BCUT2D eigenvalue weighted by molar-refractivity contribution is 0.0799. The first-order chi connectivity index (χ1) is 13.9. The first kappa shape index (κ1) is 19.2. The maximum Gasteiger partial charge on any atom is 0.272 e. The van der Waals surface area contributed by atoms with Crippen LogP contribution in [0.3, 0.4) is 0 Å². The minimum absolute atomic E-state index is 0.0188. The van der Waals surface area contributed by atoms with E-state index in [1.807, 2.05) is 0 Å². The molecule has 0 aliphatic carbocycles. The predicted molar refractivity (Wildman–Crippen MR) is 100 cm³/mol. The van der Waals surface area contributed by atoms with Crippen LogP contribution in [0.2, 0.25) is 0 Å². The fraction of sp³-hybridized carbons (Fsp3) is 0.278. The molecule has 152 valence electrons. The Morgan fingerprint density at radius 2 is 2.00 bits per heavy atom. The van der Waals surface area contributed by atoms with Gasteiger partial charge in [0.2, 0.25) is 21.7 Å². The smallest absolute Gasteiger partial charge is 0.272 e. The molecule has 1 aliphatic rings. The number of rotatable bonds is 6. The van der Waals surface area contributed by atoms with Gasteiger partial charge in [-0.05, 0) is 42.8 Å². The summed E-state index contributed by atoms with van der Waals surface area (Å²) in [6.45, 7) is -0.343. The van der Waals surface area contributed by atoms with Crippen molar-refractivity contribution in [3.8, 4) is 28.7 Å². The third-order valence-electron chi connectivity index (χ3n) is 4.29. The average Bonchev–Trinajstić information content (AvgIpc) is 3.33. The highest BCUT2D eigenvalue weighted by Crippen LogP contribution is 2.30. The van der Waals surface area contributed by atoms with Crippen LogP contribution in [0.1, 0.15) is 6.42 Å². The van der Waals surface area contributed by atoms with Gasteiger partial charge in [0.1, 0.15) is 0 Å². The number of nitrogens with zero attached hydrogens (tertiary/aromatic N) is 4. The summed E-state index contributed by atoms with van der Waals surface area (Å²) in [7, 11) is -3.26. The van der Waals surface area contributed by atoms with E-state index in [1.165, 1.54) is 10.5 Å². The molecule has 0 saturated carbocycles. The number of ether oxygens (including phenoxy) is 1. The third kappa shape index (κ3) is 4.04.